The molecule has 0 spiro atoms. The molecule has 0 N–H and O–H groups in total. The molecule has 1 aromatic heterocycles. The number of esters is 1. The Labute approximate surface area is 158 Å². The summed E-state index contributed by atoms with van der Waals surface area (Å²) in [6, 6.07) is 7.59. The van der Waals surface area contributed by atoms with Gasteiger partial charge in [0.1, 0.15) is 5.75 Å². The second-order valence-corrected chi connectivity index (χ2v) is 6.63. The average molecular weight is 372 g/mol. The van der Waals surface area contributed by atoms with Crippen molar-refractivity contribution in [3.05, 3.63) is 58.4 Å². The standard InChI is InChI=1S/C21H22ClNO3/c1-3-26-21(24)15-10-14(12-23-13-15)17-6-4-5-7-18(17)19-9-8-16(22)11-20(19)25-2/h8-13H,3-7H2,1-2H3. The van der Waals surface area contributed by atoms with E-state index in [1.807, 2.05) is 30.5 Å². The van der Waals surface area contributed by atoms with Gasteiger partial charge in [-0.15, -0.1) is 0 Å². The van der Waals surface area contributed by atoms with Crippen molar-refractivity contribution in [3.63, 3.8) is 0 Å². The van der Waals surface area contributed by atoms with E-state index in [1.165, 1.54) is 11.1 Å². The minimum atomic E-state index is -0.344. The van der Waals surface area contributed by atoms with E-state index in [2.05, 4.69) is 4.98 Å². The lowest BCUT2D eigenvalue weighted by Gasteiger charge is -2.23. The molecule has 0 saturated carbocycles. The molecule has 0 radical (unpaired) electrons. The molecule has 1 aliphatic carbocycles. The number of allylic oxidation sites excluding steroid dienone is 2. The van der Waals surface area contributed by atoms with E-state index >= 15 is 0 Å². The van der Waals surface area contributed by atoms with Gasteiger partial charge in [0, 0.05) is 23.0 Å². The van der Waals surface area contributed by atoms with E-state index in [4.69, 9.17) is 21.1 Å². The van der Waals surface area contributed by atoms with Crippen LogP contribution in [0.1, 0.15) is 54.1 Å². The molecular weight excluding hydrogens is 350 g/mol. The van der Waals surface area contributed by atoms with Crippen LogP contribution in [0.15, 0.2) is 36.7 Å². The fraction of sp³-hybridized carbons (Fsp3) is 0.333. The number of pyridine rings is 1. The maximum absolute atomic E-state index is 12.1. The molecule has 2 aromatic rings. The third-order valence-electron chi connectivity index (χ3n) is 4.55. The van der Waals surface area contributed by atoms with Crippen LogP contribution in [0.3, 0.4) is 0 Å². The number of carbonyl (C=O) groups excluding carboxylic acids is 1. The first kappa shape index (κ1) is 18.5. The molecule has 136 valence electrons. The third kappa shape index (κ3) is 3.91. The summed E-state index contributed by atoms with van der Waals surface area (Å²) in [4.78, 5) is 16.3. The number of methoxy groups -OCH3 is 1. The lowest BCUT2D eigenvalue weighted by Crippen LogP contribution is -2.07. The van der Waals surface area contributed by atoms with Crippen LogP contribution in [0.5, 0.6) is 5.75 Å². The van der Waals surface area contributed by atoms with Gasteiger partial charge in [-0.1, -0.05) is 11.6 Å². The summed E-state index contributed by atoms with van der Waals surface area (Å²) in [5.74, 6) is 0.422. The highest BCUT2D eigenvalue weighted by Gasteiger charge is 2.20. The molecule has 0 saturated heterocycles. The van der Waals surface area contributed by atoms with E-state index in [0.29, 0.717) is 17.2 Å². The first-order valence-corrected chi connectivity index (χ1v) is 9.20. The first-order valence-electron chi connectivity index (χ1n) is 8.82. The van der Waals surface area contributed by atoms with Crippen molar-refractivity contribution < 1.29 is 14.3 Å². The van der Waals surface area contributed by atoms with Crippen molar-refractivity contribution in [1.82, 2.24) is 4.98 Å². The van der Waals surface area contributed by atoms with Crippen LogP contribution in [0, 0.1) is 0 Å². The van der Waals surface area contributed by atoms with E-state index in [0.717, 1.165) is 42.6 Å². The number of hydrogen-bond acceptors (Lipinski definition) is 4. The minimum absolute atomic E-state index is 0.344. The fourth-order valence-corrected chi connectivity index (χ4v) is 3.53. The maximum atomic E-state index is 12.1. The van der Waals surface area contributed by atoms with Gasteiger partial charge >= 0.3 is 5.97 Å². The van der Waals surface area contributed by atoms with Crippen LogP contribution in [0.25, 0.3) is 11.1 Å². The Morgan fingerprint density at radius 3 is 2.65 bits per heavy atom. The van der Waals surface area contributed by atoms with Gasteiger partial charge in [-0.25, -0.2) is 4.79 Å². The molecule has 0 amide bonds. The molecule has 0 bridgehead atoms. The zero-order valence-corrected chi connectivity index (χ0v) is 15.8. The molecule has 1 aliphatic rings. The summed E-state index contributed by atoms with van der Waals surface area (Å²) in [5.41, 5.74) is 4.92. The minimum Gasteiger partial charge on any atom is -0.496 e. The van der Waals surface area contributed by atoms with Gasteiger partial charge in [0.15, 0.2) is 0 Å². The largest absolute Gasteiger partial charge is 0.496 e. The summed E-state index contributed by atoms with van der Waals surface area (Å²) >= 11 is 6.12. The Hall–Kier alpha value is -2.33. The molecule has 0 fully saturated rings. The first-order chi connectivity index (χ1) is 12.6. The molecule has 1 heterocycles. The lowest BCUT2D eigenvalue weighted by atomic mass is 9.84. The normalized spacial score (nSPS) is 14.3. The molecule has 0 aliphatic heterocycles. The number of rotatable bonds is 5. The van der Waals surface area contributed by atoms with E-state index < -0.39 is 0 Å². The summed E-state index contributed by atoms with van der Waals surface area (Å²) in [6.45, 7) is 2.14. The molecule has 0 unspecified atom stereocenters. The SMILES string of the molecule is CCOC(=O)c1cncc(C2=C(c3ccc(Cl)cc3OC)CCCC2)c1. The van der Waals surface area contributed by atoms with Crippen LogP contribution in [0.4, 0.5) is 0 Å². The molecule has 26 heavy (non-hydrogen) atoms. The van der Waals surface area contributed by atoms with Gasteiger partial charge in [-0.05, 0) is 73.6 Å². The number of ether oxygens (including phenoxy) is 2. The summed E-state index contributed by atoms with van der Waals surface area (Å²) < 4.78 is 10.7. The molecule has 4 nitrogen and oxygen atoms in total. The van der Waals surface area contributed by atoms with Crippen LogP contribution in [0.2, 0.25) is 5.02 Å². The summed E-state index contributed by atoms with van der Waals surface area (Å²) in [5, 5.41) is 0.648. The molecule has 0 atom stereocenters. The smallest absolute Gasteiger partial charge is 0.339 e. The number of carbonyl (C=O) groups is 1. The van der Waals surface area contributed by atoms with Crippen LogP contribution in [-0.4, -0.2) is 24.7 Å². The molecule has 1 aromatic carbocycles. The topological polar surface area (TPSA) is 48.4 Å². The zero-order valence-electron chi connectivity index (χ0n) is 15.0. The summed E-state index contributed by atoms with van der Waals surface area (Å²) in [7, 11) is 1.65. The quantitative estimate of drug-likeness (QED) is 0.660. The van der Waals surface area contributed by atoms with Crippen LogP contribution >= 0.6 is 11.6 Å². The number of nitrogens with zero attached hydrogens (tertiary/aromatic N) is 1. The van der Waals surface area contributed by atoms with Gasteiger partial charge in [0.25, 0.3) is 0 Å². The number of aromatic nitrogens is 1. The second-order valence-electron chi connectivity index (χ2n) is 6.19. The lowest BCUT2D eigenvalue weighted by molar-refractivity contribution is 0.0526. The Balaban J connectivity index is 2.09. The van der Waals surface area contributed by atoms with Crippen LogP contribution < -0.4 is 4.74 Å². The molecule has 3 rings (SSSR count). The zero-order chi connectivity index (χ0) is 18.5. The van der Waals surface area contributed by atoms with Crippen molar-refractivity contribution in [1.29, 1.82) is 0 Å². The Bertz CT molecular complexity index is 845. The predicted octanol–water partition coefficient (Wildman–Crippen LogP) is 5.41. The highest BCUT2D eigenvalue weighted by molar-refractivity contribution is 6.30. The Morgan fingerprint density at radius 1 is 1.15 bits per heavy atom. The van der Waals surface area contributed by atoms with Crippen molar-refractivity contribution in [2.24, 2.45) is 0 Å². The monoisotopic (exact) mass is 371 g/mol. The highest BCUT2D eigenvalue weighted by Crippen LogP contribution is 2.41. The van der Waals surface area contributed by atoms with Crippen molar-refractivity contribution in [2.45, 2.75) is 32.6 Å². The number of hydrogen-bond donors (Lipinski definition) is 0. The van der Waals surface area contributed by atoms with Crippen molar-refractivity contribution >= 4 is 28.7 Å². The van der Waals surface area contributed by atoms with E-state index in [9.17, 15) is 4.79 Å². The van der Waals surface area contributed by atoms with Crippen molar-refractivity contribution in [2.75, 3.05) is 13.7 Å². The van der Waals surface area contributed by atoms with Gasteiger partial charge < -0.3 is 9.47 Å². The fourth-order valence-electron chi connectivity index (χ4n) is 3.37. The molecular formula is C21H22ClNO3. The third-order valence-corrected chi connectivity index (χ3v) is 4.79. The van der Waals surface area contributed by atoms with Crippen LogP contribution in [-0.2, 0) is 4.74 Å². The predicted molar refractivity (Wildman–Crippen MR) is 103 cm³/mol. The van der Waals surface area contributed by atoms with Gasteiger partial charge in [-0.2, -0.15) is 0 Å². The average Bonchev–Trinajstić information content (AvgIpc) is 2.68. The maximum Gasteiger partial charge on any atom is 0.339 e. The van der Waals surface area contributed by atoms with E-state index in [1.54, 1.807) is 20.2 Å². The van der Waals surface area contributed by atoms with Gasteiger partial charge in [-0.3, -0.25) is 4.98 Å². The Morgan fingerprint density at radius 2 is 1.92 bits per heavy atom. The number of halogens is 1. The molecule has 5 heteroatoms. The number of benzene rings is 1. The van der Waals surface area contributed by atoms with Gasteiger partial charge in [0.2, 0.25) is 0 Å². The summed E-state index contributed by atoms with van der Waals surface area (Å²) in [6.07, 6.45) is 7.49. The van der Waals surface area contributed by atoms with Crippen molar-refractivity contribution in [3.8, 4) is 5.75 Å². The second kappa shape index (κ2) is 8.37. The Kier molecular flexibility index (Phi) is 5.94. The van der Waals surface area contributed by atoms with E-state index in [-0.39, 0.29) is 5.97 Å². The van der Waals surface area contributed by atoms with Gasteiger partial charge in [0.05, 0.1) is 19.3 Å². The highest BCUT2D eigenvalue weighted by atomic mass is 35.5.